The number of terminal acetylenes is 2. The van der Waals surface area contributed by atoms with Gasteiger partial charge < -0.3 is 62.6 Å². The summed E-state index contributed by atoms with van der Waals surface area (Å²) in [6.07, 6.45) is 10.2. The lowest BCUT2D eigenvalue weighted by atomic mass is 10.4. The van der Waals surface area contributed by atoms with Crippen LogP contribution in [-0.4, -0.2) is 190 Å². The Morgan fingerprint density at radius 2 is 0.553 bits per heavy atom. The van der Waals surface area contributed by atoms with Crippen LogP contribution in [0.2, 0.25) is 0 Å². The second kappa shape index (κ2) is 44.9. The van der Waals surface area contributed by atoms with Crippen LogP contribution >= 0.6 is 12.4 Å². The van der Waals surface area contributed by atoms with Gasteiger partial charge in [0, 0.05) is 26.2 Å². The van der Waals surface area contributed by atoms with Gasteiger partial charge in [-0.25, -0.2) is 0 Å². The average molecular weight is 701 g/mol. The summed E-state index contributed by atoms with van der Waals surface area (Å²) in [5.74, 6) is 4.82. The molecule has 15 heteroatoms. The zero-order valence-corrected chi connectivity index (χ0v) is 29.1. The topological polar surface area (TPSA) is 140 Å². The summed E-state index contributed by atoms with van der Waals surface area (Å²) in [4.78, 5) is 2.25. The van der Waals surface area contributed by atoms with Gasteiger partial charge in [0.1, 0.15) is 13.2 Å². The Morgan fingerprint density at radius 1 is 0.340 bits per heavy atom. The maximum absolute atomic E-state index is 5.76. The molecule has 0 saturated heterocycles. The first kappa shape index (κ1) is 48.0. The molecule has 0 unspecified atom stereocenters. The quantitative estimate of drug-likeness (QED) is 0.0685. The average Bonchev–Trinajstić information content (AvgIpc) is 3.07. The molecule has 0 amide bonds. The van der Waals surface area contributed by atoms with Crippen LogP contribution in [0.25, 0.3) is 0 Å². The van der Waals surface area contributed by atoms with Crippen molar-refractivity contribution in [1.29, 1.82) is 0 Å². The summed E-state index contributed by atoms with van der Waals surface area (Å²) < 4.78 is 65.6. The molecule has 0 rings (SSSR count). The van der Waals surface area contributed by atoms with Crippen LogP contribution in [0.3, 0.4) is 0 Å². The van der Waals surface area contributed by atoms with Gasteiger partial charge in [0.15, 0.2) is 0 Å². The highest BCUT2D eigenvalue weighted by Gasteiger charge is 2.06. The Hall–Kier alpha value is -1.15. The van der Waals surface area contributed by atoms with Crippen molar-refractivity contribution < 1.29 is 56.8 Å². The third-order valence-electron chi connectivity index (χ3n) is 5.64. The summed E-state index contributed by atoms with van der Waals surface area (Å²) in [6.45, 7) is 14.7. The smallest absolute Gasteiger partial charge is 0.107 e. The summed E-state index contributed by atoms with van der Waals surface area (Å²) in [5, 5.41) is 0. The number of hydrogen-bond donors (Lipinski definition) is 1. The van der Waals surface area contributed by atoms with Gasteiger partial charge in [-0.15, -0.1) is 25.3 Å². The molecule has 2 N–H and O–H groups in total. The molecule has 0 bridgehead atoms. The van der Waals surface area contributed by atoms with E-state index in [-0.39, 0.29) is 12.4 Å². The van der Waals surface area contributed by atoms with Crippen molar-refractivity contribution >= 4 is 12.4 Å². The molecule has 0 aliphatic heterocycles. The Balaban J connectivity index is 0. The van der Waals surface area contributed by atoms with Crippen molar-refractivity contribution in [3.63, 3.8) is 0 Å². The molecule has 0 atom stereocenters. The molecule has 0 radical (unpaired) electrons. The number of nitrogens with two attached hydrogens (primary N) is 1. The van der Waals surface area contributed by atoms with Crippen LogP contribution in [0.1, 0.15) is 0 Å². The Bertz CT molecular complexity index is 633. The minimum atomic E-state index is 0. The number of halogens is 1. The molecule has 0 aliphatic rings. The third kappa shape index (κ3) is 42.8. The van der Waals surface area contributed by atoms with E-state index >= 15 is 0 Å². The third-order valence-corrected chi connectivity index (χ3v) is 5.64. The molecule has 0 spiro atoms. The Morgan fingerprint density at radius 3 is 0.787 bits per heavy atom. The highest BCUT2D eigenvalue weighted by atomic mass is 35.5. The maximum Gasteiger partial charge on any atom is 0.107 e. The lowest BCUT2D eigenvalue weighted by Gasteiger charge is -2.22. The van der Waals surface area contributed by atoms with Gasteiger partial charge in [0.2, 0.25) is 0 Å². The molecule has 0 aromatic rings. The van der Waals surface area contributed by atoms with Gasteiger partial charge >= 0.3 is 0 Å². The van der Waals surface area contributed by atoms with Crippen LogP contribution in [0.5, 0.6) is 0 Å². The molecular formula is C32H61ClN2O12. The first-order valence-corrected chi connectivity index (χ1v) is 16.1. The van der Waals surface area contributed by atoms with Crippen LogP contribution in [-0.2, 0) is 56.8 Å². The fourth-order valence-electron chi connectivity index (χ4n) is 3.34. The normalized spacial score (nSPS) is 11.1. The molecule has 0 aromatic carbocycles. The Labute approximate surface area is 289 Å². The van der Waals surface area contributed by atoms with E-state index < -0.39 is 0 Å². The lowest BCUT2D eigenvalue weighted by Crippen LogP contribution is -2.34. The zero-order valence-electron chi connectivity index (χ0n) is 28.3. The van der Waals surface area contributed by atoms with Gasteiger partial charge in [-0.1, -0.05) is 11.8 Å². The first-order chi connectivity index (χ1) is 22.8. The van der Waals surface area contributed by atoms with E-state index in [9.17, 15) is 0 Å². The van der Waals surface area contributed by atoms with E-state index in [2.05, 4.69) is 16.7 Å². The van der Waals surface area contributed by atoms with Gasteiger partial charge in [0.05, 0.1) is 145 Å². The molecule has 14 nitrogen and oxygen atoms in total. The van der Waals surface area contributed by atoms with Crippen molar-refractivity contribution in [2.24, 2.45) is 5.73 Å². The minimum Gasteiger partial charge on any atom is -0.378 e. The van der Waals surface area contributed by atoms with Gasteiger partial charge in [-0.3, -0.25) is 4.90 Å². The molecule has 0 aromatic heterocycles. The van der Waals surface area contributed by atoms with E-state index in [1.807, 2.05) is 0 Å². The van der Waals surface area contributed by atoms with Gasteiger partial charge in [-0.2, -0.15) is 0 Å². The van der Waals surface area contributed by atoms with Crippen LogP contribution in [0.15, 0.2) is 0 Å². The lowest BCUT2D eigenvalue weighted by molar-refractivity contribution is -0.0131. The largest absolute Gasteiger partial charge is 0.378 e. The molecule has 0 heterocycles. The van der Waals surface area contributed by atoms with E-state index in [4.69, 9.17) is 75.4 Å². The minimum absolute atomic E-state index is 0. The highest BCUT2D eigenvalue weighted by Crippen LogP contribution is 1.93. The summed E-state index contributed by atoms with van der Waals surface area (Å²) in [6, 6.07) is 0. The van der Waals surface area contributed by atoms with E-state index in [1.165, 1.54) is 0 Å². The number of hydrogen-bond acceptors (Lipinski definition) is 14. The van der Waals surface area contributed by atoms with Crippen LogP contribution in [0.4, 0.5) is 0 Å². The Kier molecular flexibility index (Phi) is 45.8. The van der Waals surface area contributed by atoms with Crippen molar-refractivity contribution in [3.05, 3.63) is 0 Å². The number of rotatable bonds is 40. The predicted octanol–water partition coefficient (Wildman–Crippen LogP) is 0.135. The SMILES string of the molecule is C#CCOCCOCCOCCOCCN(CCOCCOCCOCCOCC#C)CCOCCOCCOCCOCCN.Cl. The van der Waals surface area contributed by atoms with E-state index in [0.717, 1.165) is 19.6 Å². The fraction of sp³-hybridized carbons (Fsp3) is 0.875. The molecule has 0 saturated carbocycles. The van der Waals surface area contributed by atoms with Crippen molar-refractivity contribution in [2.75, 3.05) is 185 Å². The number of ether oxygens (including phenoxy) is 12. The molecular weight excluding hydrogens is 640 g/mol. The first-order valence-electron chi connectivity index (χ1n) is 16.1. The maximum atomic E-state index is 5.76. The van der Waals surface area contributed by atoms with Crippen LogP contribution < -0.4 is 5.73 Å². The summed E-state index contributed by atoms with van der Waals surface area (Å²) in [5.41, 5.74) is 5.37. The summed E-state index contributed by atoms with van der Waals surface area (Å²) in [7, 11) is 0. The van der Waals surface area contributed by atoms with Crippen LogP contribution in [0, 0.1) is 24.7 Å². The standard InChI is InChI=1S/C32H60N2O12.ClH/c1-3-9-35-15-21-41-27-30-44-24-18-38-12-6-34(7-13-39-19-25-45-31-28-42-22-16-36-10-4-2)8-14-40-20-26-46-32-29-43-23-17-37-11-5-33;/h1-2H,5-33H2;1H. The van der Waals surface area contributed by atoms with Crippen molar-refractivity contribution in [2.45, 2.75) is 0 Å². The van der Waals surface area contributed by atoms with E-state index in [1.54, 1.807) is 0 Å². The van der Waals surface area contributed by atoms with Crippen molar-refractivity contribution in [1.82, 2.24) is 4.90 Å². The molecule has 47 heavy (non-hydrogen) atoms. The fourth-order valence-corrected chi connectivity index (χ4v) is 3.34. The van der Waals surface area contributed by atoms with Crippen molar-refractivity contribution in [3.8, 4) is 24.7 Å². The molecule has 278 valence electrons. The second-order valence-corrected chi connectivity index (χ2v) is 9.27. The highest BCUT2D eigenvalue weighted by molar-refractivity contribution is 5.85. The van der Waals surface area contributed by atoms with Gasteiger partial charge in [0.25, 0.3) is 0 Å². The molecule has 0 aliphatic carbocycles. The monoisotopic (exact) mass is 700 g/mol. The zero-order chi connectivity index (χ0) is 33.3. The number of nitrogens with zero attached hydrogens (tertiary/aromatic N) is 1. The second-order valence-electron chi connectivity index (χ2n) is 9.27. The predicted molar refractivity (Wildman–Crippen MR) is 180 cm³/mol. The van der Waals surface area contributed by atoms with E-state index in [0.29, 0.717) is 165 Å². The summed E-state index contributed by atoms with van der Waals surface area (Å²) >= 11 is 0. The van der Waals surface area contributed by atoms with Gasteiger partial charge in [-0.05, 0) is 0 Å². The molecule has 0 fully saturated rings.